The highest BCUT2D eigenvalue weighted by Crippen LogP contribution is 2.36. The van der Waals surface area contributed by atoms with E-state index in [-0.39, 0.29) is 22.3 Å². The van der Waals surface area contributed by atoms with Crippen LogP contribution in [0, 0.1) is 11.8 Å². The number of fused-ring (bicyclic) bond motifs is 1. The van der Waals surface area contributed by atoms with Crippen molar-refractivity contribution in [3.05, 3.63) is 59.0 Å². The van der Waals surface area contributed by atoms with Crippen LogP contribution >= 0.6 is 11.3 Å². The van der Waals surface area contributed by atoms with Gasteiger partial charge in [-0.1, -0.05) is 45.9 Å². The number of thiophene rings is 1. The zero-order chi connectivity index (χ0) is 25.0. The van der Waals surface area contributed by atoms with Crippen LogP contribution in [-0.4, -0.2) is 44.8 Å². The van der Waals surface area contributed by atoms with Crippen molar-refractivity contribution >= 4 is 49.0 Å². The van der Waals surface area contributed by atoms with E-state index in [9.17, 15) is 18.0 Å². The fraction of sp³-hybridized carbons (Fsp3) is 0.360. The average molecular weight is 503 g/mol. The second-order valence-corrected chi connectivity index (χ2v) is 11.9. The van der Waals surface area contributed by atoms with Crippen LogP contribution < -0.4 is 5.32 Å². The number of carbonyl (C=O) groups excluding carboxylic acids is 2. The summed E-state index contributed by atoms with van der Waals surface area (Å²) < 4.78 is 33.6. The van der Waals surface area contributed by atoms with Crippen LogP contribution in [0.25, 0.3) is 10.1 Å². The highest BCUT2D eigenvalue weighted by atomic mass is 32.2. The molecule has 3 aromatic rings. The van der Waals surface area contributed by atoms with E-state index in [2.05, 4.69) is 5.32 Å². The fourth-order valence-corrected chi connectivity index (χ4v) is 6.45. The highest BCUT2D eigenvalue weighted by Gasteiger charge is 2.26. The van der Waals surface area contributed by atoms with Gasteiger partial charge < -0.3 is 10.1 Å². The van der Waals surface area contributed by atoms with E-state index in [4.69, 9.17) is 4.74 Å². The Bertz CT molecular complexity index is 1270. The van der Waals surface area contributed by atoms with Crippen molar-refractivity contribution in [2.45, 2.75) is 32.6 Å². The molecule has 1 N–H and O–H groups in total. The molecule has 1 heterocycles. The number of sulfonamides is 1. The maximum absolute atomic E-state index is 13.2. The van der Waals surface area contributed by atoms with Gasteiger partial charge in [0, 0.05) is 28.7 Å². The van der Waals surface area contributed by atoms with Gasteiger partial charge in [0.25, 0.3) is 5.91 Å². The molecule has 0 unspecified atom stereocenters. The zero-order valence-electron chi connectivity index (χ0n) is 20.0. The predicted octanol–water partition coefficient (Wildman–Crippen LogP) is 5.24. The van der Waals surface area contributed by atoms with Gasteiger partial charge in [0.2, 0.25) is 10.0 Å². The molecule has 1 amide bonds. The summed E-state index contributed by atoms with van der Waals surface area (Å²) in [6, 6.07) is 13.2. The number of methoxy groups -OCH3 is 1. The Morgan fingerprint density at radius 3 is 2.12 bits per heavy atom. The Morgan fingerprint density at radius 1 is 0.971 bits per heavy atom. The van der Waals surface area contributed by atoms with Gasteiger partial charge in [-0.2, -0.15) is 4.31 Å². The number of carbonyl (C=O) groups is 2. The lowest BCUT2D eigenvalue weighted by Crippen LogP contribution is -2.37. The number of amides is 1. The molecule has 0 fully saturated rings. The molecule has 1 aromatic heterocycles. The van der Waals surface area contributed by atoms with Crippen molar-refractivity contribution in [2.75, 3.05) is 25.5 Å². The monoisotopic (exact) mass is 502 g/mol. The van der Waals surface area contributed by atoms with Gasteiger partial charge in [-0.15, -0.1) is 11.3 Å². The molecule has 0 spiro atoms. The number of hydrogen-bond donors (Lipinski definition) is 1. The first-order valence-corrected chi connectivity index (χ1v) is 13.3. The Morgan fingerprint density at radius 2 is 1.56 bits per heavy atom. The lowest BCUT2D eigenvalue weighted by atomic mass is 10.2. The van der Waals surface area contributed by atoms with Crippen LogP contribution in [0.4, 0.5) is 5.69 Å². The molecule has 0 saturated heterocycles. The molecule has 0 bridgehead atoms. The van der Waals surface area contributed by atoms with Crippen molar-refractivity contribution in [3.8, 4) is 0 Å². The maximum atomic E-state index is 13.2. The van der Waals surface area contributed by atoms with Crippen molar-refractivity contribution in [2.24, 2.45) is 11.8 Å². The molecule has 0 aliphatic carbocycles. The average Bonchev–Trinajstić information content (AvgIpc) is 3.16. The van der Waals surface area contributed by atoms with Gasteiger partial charge >= 0.3 is 5.97 Å². The molecule has 0 aliphatic rings. The minimum atomic E-state index is -3.69. The Kier molecular flexibility index (Phi) is 8.12. The van der Waals surface area contributed by atoms with Crippen LogP contribution in [-0.2, 0) is 14.8 Å². The number of nitrogens with one attached hydrogen (secondary N) is 1. The van der Waals surface area contributed by atoms with Crippen LogP contribution in [0.15, 0.2) is 53.4 Å². The Labute approximate surface area is 204 Å². The normalized spacial score (nSPS) is 12.0. The van der Waals surface area contributed by atoms with E-state index in [0.29, 0.717) is 23.7 Å². The van der Waals surface area contributed by atoms with Crippen LogP contribution in [0.1, 0.15) is 47.7 Å². The smallest absolute Gasteiger partial charge is 0.350 e. The molecule has 9 heteroatoms. The number of nitrogens with zero attached hydrogens (tertiary/aromatic N) is 1. The highest BCUT2D eigenvalue weighted by molar-refractivity contribution is 7.89. The first kappa shape index (κ1) is 25.9. The summed E-state index contributed by atoms with van der Waals surface area (Å²) in [6.07, 6.45) is 0. The summed E-state index contributed by atoms with van der Waals surface area (Å²) in [5, 5.41) is 3.54. The quantitative estimate of drug-likeness (QED) is 0.404. The van der Waals surface area contributed by atoms with Crippen LogP contribution in [0.5, 0.6) is 0 Å². The molecule has 34 heavy (non-hydrogen) atoms. The lowest BCUT2D eigenvalue weighted by molar-refractivity contribution is 0.0607. The van der Waals surface area contributed by atoms with Gasteiger partial charge in [-0.3, -0.25) is 4.79 Å². The molecule has 0 saturated carbocycles. The largest absolute Gasteiger partial charge is 0.465 e. The third kappa shape index (κ3) is 5.65. The summed E-state index contributed by atoms with van der Waals surface area (Å²) in [7, 11) is -2.40. The first-order chi connectivity index (χ1) is 16.0. The number of hydrogen-bond acceptors (Lipinski definition) is 6. The van der Waals surface area contributed by atoms with Crippen molar-refractivity contribution in [3.63, 3.8) is 0 Å². The molecular weight excluding hydrogens is 472 g/mol. The van der Waals surface area contributed by atoms with E-state index >= 15 is 0 Å². The lowest BCUT2D eigenvalue weighted by Gasteiger charge is -2.25. The third-order valence-corrected chi connectivity index (χ3v) is 8.09. The van der Waals surface area contributed by atoms with Crippen molar-refractivity contribution in [1.82, 2.24) is 4.31 Å². The van der Waals surface area contributed by atoms with Gasteiger partial charge in [-0.05, 0) is 42.2 Å². The number of esters is 1. The molecule has 182 valence electrons. The van der Waals surface area contributed by atoms with Gasteiger partial charge in [0.1, 0.15) is 4.88 Å². The van der Waals surface area contributed by atoms with E-state index in [1.54, 1.807) is 0 Å². The SMILES string of the molecule is COC(=O)c1sc2ccccc2c1NC(=O)c1ccc(S(=O)(=O)N(CC(C)C)CC(C)C)cc1. The summed E-state index contributed by atoms with van der Waals surface area (Å²) in [4.78, 5) is 25.7. The molecule has 0 atom stereocenters. The molecule has 7 nitrogen and oxygen atoms in total. The second kappa shape index (κ2) is 10.7. The summed E-state index contributed by atoms with van der Waals surface area (Å²) in [6.45, 7) is 8.76. The van der Waals surface area contributed by atoms with Crippen molar-refractivity contribution in [1.29, 1.82) is 0 Å². The van der Waals surface area contributed by atoms with Gasteiger partial charge in [0.05, 0.1) is 17.7 Å². The minimum Gasteiger partial charge on any atom is -0.465 e. The van der Waals surface area contributed by atoms with Crippen molar-refractivity contribution < 1.29 is 22.7 Å². The number of ether oxygens (including phenoxy) is 1. The molecular formula is C25H30N2O5S2. The van der Waals surface area contributed by atoms with Gasteiger partial charge in [-0.25, -0.2) is 13.2 Å². The third-order valence-electron chi connectivity index (χ3n) is 5.10. The summed E-state index contributed by atoms with van der Waals surface area (Å²) in [5.41, 5.74) is 0.665. The molecule has 0 aliphatic heterocycles. The first-order valence-electron chi connectivity index (χ1n) is 11.1. The minimum absolute atomic E-state index is 0.140. The number of benzene rings is 2. The maximum Gasteiger partial charge on any atom is 0.350 e. The predicted molar refractivity (Wildman–Crippen MR) is 136 cm³/mol. The Balaban J connectivity index is 1.88. The van der Waals surface area contributed by atoms with Gasteiger partial charge in [0.15, 0.2) is 0 Å². The number of anilines is 1. The van der Waals surface area contributed by atoms with Crippen LogP contribution in [0.2, 0.25) is 0 Å². The standard InChI is InChI=1S/C25H30N2O5S2/c1-16(2)14-27(15-17(3)4)34(30,31)19-12-10-18(11-13-19)24(28)26-22-20-8-6-7-9-21(20)33-23(22)25(29)32-5/h6-13,16-17H,14-15H2,1-5H3,(H,26,28). The van der Waals surface area contributed by atoms with E-state index in [1.165, 1.54) is 47.0 Å². The van der Waals surface area contributed by atoms with E-state index < -0.39 is 21.9 Å². The molecule has 3 rings (SSSR count). The van der Waals surface area contributed by atoms with E-state index in [1.807, 2.05) is 52.0 Å². The van der Waals surface area contributed by atoms with E-state index in [0.717, 1.165) is 10.1 Å². The number of rotatable bonds is 9. The summed E-state index contributed by atoms with van der Waals surface area (Å²) >= 11 is 1.24. The Hall–Kier alpha value is -2.75. The topological polar surface area (TPSA) is 92.8 Å². The fourth-order valence-electron chi connectivity index (χ4n) is 3.60. The molecule has 0 radical (unpaired) electrons. The summed E-state index contributed by atoms with van der Waals surface area (Å²) in [5.74, 6) is -0.613. The molecule has 2 aromatic carbocycles. The zero-order valence-corrected chi connectivity index (χ0v) is 21.6. The van der Waals surface area contributed by atoms with Crippen LogP contribution in [0.3, 0.4) is 0 Å². The second-order valence-electron chi connectivity index (χ2n) is 8.88.